The topological polar surface area (TPSA) is 69.1 Å². The number of hydrogen-bond acceptors (Lipinski definition) is 3. The lowest BCUT2D eigenvalue weighted by atomic mass is 10.2. The second-order valence-electron chi connectivity index (χ2n) is 3.08. The van der Waals surface area contributed by atoms with Gasteiger partial charge in [0.2, 0.25) is 0 Å². The SMILES string of the molecule is OCc1cnc(-c2ccc(O)c(Cl)c2)[nH]1. The van der Waals surface area contributed by atoms with E-state index in [2.05, 4.69) is 9.97 Å². The molecular formula is C10H9ClN2O2. The molecule has 0 spiro atoms. The third-order valence-corrected chi connectivity index (χ3v) is 2.32. The molecule has 0 unspecified atom stereocenters. The Labute approximate surface area is 91.2 Å². The van der Waals surface area contributed by atoms with Crippen LogP contribution in [-0.4, -0.2) is 20.2 Å². The molecule has 0 aliphatic carbocycles. The number of imidazole rings is 1. The van der Waals surface area contributed by atoms with E-state index >= 15 is 0 Å². The van der Waals surface area contributed by atoms with Gasteiger partial charge in [-0.2, -0.15) is 0 Å². The number of H-pyrrole nitrogens is 1. The van der Waals surface area contributed by atoms with E-state index in [9.17, 15) is 5.11 Å². The second kappa shape index (κ2) is 3.92. The molecule has 0 fully saturated rings. The van der Waals surface area contributed by atoms with Crippen molar-refractivity contribution >= 4 is 11.6 Å². The molecule has 0 bridgehead atoms. The van der Waals surface area contributed by atoms with Gasteiger partial charge < -0.3 is 15.2 Å². The first-order chi connectivity index (χ1) is 7.20. The minimum Gasteiger partial charge on any atom is -0.506 e. The molecule has 78 valence electrons. The number of aromatic nitrogens is 2. The average Bonchev–Trinajstić information content (AvgIpc) is 2.70. The third kappa shape index (κ3) is 1.95. The minimum atomic E-state index is -0.0845. The highest BCUT2D eigenvalue weighted by atomic mass is 35.5. The molecule has 4 nitrogen and oxygen atoms in total. The Balaban J connectivity index is 2.40. The molecule has 3 N–H and O–H groups in total. The summed E-state index contributed by atoms with van der Waals surface area (Å²) in [6.45, 7) is -0.0845. The highest BCUT2D eigenvalue weighted by Gasteiger charge is 2.05. The maximum absolute atomic E-state index is 9.24. The van der Waals surface area contributed by atoms with Crippen molar-refractivity contribution in [3.63, 3.8) is 0 Å². The summed E-state index contributed by atoms with van der Waals surface area (Å²) in [6.07, 6.45) is 1.55. The monoisotopic (exact) mass is 224 g/mol. The van der Waals surface area contributed by atoms with Gasteiger partial charge in [-0.1, -0.05) is 11.6 Å². The van der Waals surface area contributed by atoms with Gasteiger partial charge in [-0.15, -0.1) is 0 Å². The van der Waals surface area contributed by atoms with E-state index in [1.807, 2.05) is 0 Å². The lowest BCUT2D eigenvalue weighted by Crippen LogP contribution is -1.83. The predicted molar refractivity (Wildman–Crippen MR) is 56.6 cm³/mol. The van der Waals surface area contributed by atoms with Gasteiger partial charge in [0.15, 0.2) is 0 Å². The van der Waals surface area contributed by atoms with Crippen molar-refractivity contribution in [2.24, 2.45) is 0 Å². The smallest absolute Gasteiger partial charge is 0.137 e. The van der Waals surface area contributed by atoms with E-state index in [4.69, 9.17) is 16.7 Å². The molecule has 1 heterocycles. The van der Waals surface area contributed by atoms with Crippen molar-refractivity contribution in [2.75, 3.05) is 0 Å². The zero-order valence-electron chi connectivity index (χ0n) is 7.74. The number of halogens is 1. The van der Waals surface area contributed by atoms with Crippen LogP contribution in [0, 0.1) is 0 Å². The highest BCUT2D eigenvalue weighted by molar-refractivity contribution is 6.32. The first kappa shape index (κ1) is 10.0. The third-order valence-electron chi connectivity index (χ3n) is 2.02. The molecule has 0 atom stereocenters. The van der Waals surface area contributed by atoms with Crippen molar-refractivity contribution in [3.8, 4) is 17.1 Å². The maximum Gasteiger partial charge on any atom is 0.137 e. The largest absolute Gasteiger partial charge is 0.506 e. The van der Waals surface area contributed by atoms with Crippen LogP contribution in [0.1, 0.15) is 5.69 Å². The normalized spacial score (nSPS) is 10.5. The van der Waals surface area contributed by atoms with Crippen LogP contribution >= 0.6 is 11.6 Å². The molecule has 2 rings (SSSR count). The van der Waals surface area contributed by atoms with Crippen LogP contribution in [0.15, 0.2) is 24.4 Å². The summed E-state index contributed by atoms with van der Waals surface area (Å²) in [5.74, 6) is 0.648. The van der Waals surface area contributed by atoms with Crippen molar-refractivity contribution in [1.29, 1.82) is 0 Å². The number of aromatic amines is 1. The van der Waals surface area contributed by atoms with Crippen LogP contribution < -0.4 is 0 Å². The number of hydrogen-bond donors (Lipinski definition) is 3. The van der Waals surface area contributed by atoms with Gasteiger partial charge >= 0.3 is 0 Å². The number of rotatable bonds is 2. The van der Waals surface area contributed by atoms with E-state index in [0.717, 1.165) is 5.56 Å². The lowest BCUT2D eigenvalue weighted by molar-refractivity contribution is 0.277. The van der Waals surface area contributed by atoms with Crippen LogP contribution in [0.5, 0.6) is 5.75 Å². The van der Waals surface area contributed by atoms with Crippen LogP contribution in [0.2, 0.25) is 5.02 Å². The molecule has 1 aromatic heterocycles. The number of aliphatic hydroxyl groups is 1. The quantitative estimate of drug-likeness (QED) is 0.730. The molecule has 1 aromatic carbocycles. The summed E-state index contributed by atoms with van der Waals surface area (Å²) in [5, 5.41) is 18.4. The number of benzene rings is 1. The molecule has 5 heteroatoms. The van der Waals surface area contributed by atoms with E-state index in [0.29, 0.717) is 11.5 Å². The Bertz CT molecular complexity index is 482. The van der Waals surface area contributed by atoms with Crippen LogP contribution in [0.4, 0.5) is 0 Å². The first-order valence-electron chi connectivity index (χ1n) is 4.34. The summed E-state index contributed by atoms with van der Waals surface area (Å²) in [6, 6.07) is 4.80. The Hall–Kier alpha value is -1.52. The molecule has 0 aliphatic heterocycles. The second-order valence-corrected chi connectivity index (χ2v) is 3.49. The Kier molecular flexibility index (Phi) is 2.62. The molecule has 15 heavy (non-hydrogen) atoms. The molecule has 2 aromatic rings. The number of phenols is 1. The Morgan fingerprint density at radius 2 is 2.20 bits per heavy atom. The summed E-state index contributed by atoms with van der Waals surface area (Å²) in [5.41, 5.74) is 1.40. The summed E-state index contributed by atoms with van der Waals surface area (Å²) >= 11 is 5.76. The number of aromatic hydroxyl groups is 1. The van der Waals surface area contributed by atoms with Gasteiger partial charge in [-0.05, 0) is 18.2 Å². The molecular weight excluding hydrogens is 216 g/mol. The van der Waals surface area contributed by atoms with E-state index in [1.54, 1.807) is 18.3 Å². The number of aliphatic hydroxyl groups excluding tert-OH is 1. The fourth-order valence-corrected chi connectivity index (χ4v) is 1.42. The zero-order chi connectivity index (χ0) is 10.8. The van der Waals surface area contributed by atoms with Gasteiger partial charge in [-0.3, -0.25) is 0 Å². The van der Waals surface area contributed by atoms with Crippen LogP contribution in [-0.2, 0) is 6.61 Å². The minimum absolute atomic E-state index is 0.0364. The van der Waals surface area contributed by atoms with Gasteiger partial charge in [0, 0.05) is 5.56 Å². The number of nitrogens with zero attached hydrogens (tertiary/aromatic N) is 1. The van der Waals surface area contributed by atoms with E-state index in [-0.39, 0.29) is 17.4 Å². The summed E-state index contributed by atoms with van der Waals surface area (Å²) < 4.78 is 0. The van der Waals surface area contributed by atoms with Crippen molar-refractivity contribution in [2.45, 2.75) is 6.61 Å². The van der Waals surface area contributed by atoms with Gasteiger partial charge in [0.1, 0.15) is 11.6 Å². The molecule has 0 radical (unpaired) electrons. The fraction of sp³-hybridized carbons (Fsp3) is 0.100. The Morgan fingerprint density at radius 1 is 1.40 bits per heavy atom. The average molecular weight is 225 g/mol. The zero-order valence-corrected chi connectivity index (χ0v) is 8.49. The first-order valence-corrected chi connectivity index (χ1v) is 4.72. The maximum atomic E-state index is 9.24. The van der Waals surface area contributed by atoms with Crippen molar-refractivity contribution in [3.05, 3.63) is 35.1 Å². The highest BCUT2D eigenvalue weighted by Crippen LogP contribution is 2.27. The Morgan fingerprint density at radius 3 is 2.80 bits per heavy atom. The van der Waals surface area contributed by atoms with E-state index < -0.39 is 0 Å². The van der Waals surface area contributed by atoms with Crippen LogP contribution in [0.3, 0.4) is 0 Å². The fourth-order valence-electron chi connectivity index (χ4n) is 1.24. The van der Waals surface area contributed by atoms with Gasteiger partial charge in [0.05, 0.1) is 23.5 Å². The number of phenolic OH excluding ortho intramolecular Hbond substituents is 1. The van der Waals surface area contributed by atoms with Crippen molar-refractivity contribution in [1.82, 2.24) is 9.97 Å². The molecule has 0 saturated carbocycles. The predicted octanol–water partition coefficient (Wildman–Crippen LogP) is 1.93. The summed E-state index contributed by atoms with van der Waals surface area (Å²) in [7, 11) is 0. The lowest BCUT2D eigenvalue weighted by Gasteiger charge is -1.99. The van der Waals surface area contributed by atoms with Crippen LogP contribution in [0.25, 0.3) is 11.4 Å². The van der Waals surface area contributed by atoms with E-state index in [1.165, 1.54) is 6.07 Å². The van der Waals surface area contributed by atoms with Gasteiger partial charge in [0.25, 0.3) is 0 Å². The number of nitrogens with one attached hydrogen (secondary N) is 1. The van der Waals surface area contributed by atoms with Gasteiger partial charge in [-0.25, -0.2) is 4.98 Å². The van der Waals surface area contributed by atoms with Crippen molar-refractivity contribution < 1.29 is 10.2 Å². The standard InChI is InChI=1S/C10H9ClN2O2/c11-8-3-6(1-2-9(8)15)10-12-4-7(5-14)13-10/h1-4,14-15H,5H2,(H,12,13). The molecule has 0 amide bonds. The molecule has 0 saturated heterocycles. The molecule has 0 aliphatic rings. The summed E-state index contributed by atoms with van der Waals surface area (Å²) in [4.78, 5) is 7.00.